The molecule has 7 nitrogen and oxygen atoms in total. The molecule has 1 saturated heterocycles. The van der Waals surface area contributed by atoms with Crippen molar-refractivity contribution in [2.45, 2.75) is 44.8 Å². The molecule has 0 aliphatic carbocycles. The van der Waals surface area contributed by atoms with Crippen molar-refractivity contribution in [3.63, 3.8) is 0 Å². The number of pyridine rings is 3. The maximum Gasteiger partial charge on any atom is 0.251 e. The van der Waals surface area contributed by atoms with E-state index in [1.54, 1.807) is 10.6 Å². The van der Waals surface area contributed by atoms with Crippen LogP contribution in [0.3, 0.4) is 0 Å². The molecule has 1 N–H and O–H groups in total. The van der Waals surface area contributed by atoms with Crippen molar-refractivity contribution in [1.82, 2.24) is 24.8 Å². The molecular formula is C24H28FN5O2. The predicted molar refractivity (Wildman–Crippen MR) is 120 cm³/mol. The minimum Gasteiger partial charge on any atom is -0.492 e. The van der Waals surface area contributed by atoms with Gasteiger partial charge in [0.25, 0.3) is 5.56 Å². The zero-order chi connectivity index (χ0) is 21.9. The second-order valence-corrected chi connectivity index (χ2v) is 8.61. The van der Waals surface area contributed by atoms with Gasteiger partial charge in [0.05, 0.1) is 35.7 Å². The fourth-order valence-electron chi connectivity index (χ4n) is 4.63. The number of ether oxygens (including phenoxy) is 1. The maximum absolute atomic E-state index is 13.7. The van der Waals surface area contributed by atoms with E-state index < -0.39 is 5.82 Å². The molecule has 2 aliphatic rings. The third-order valence-corrected chi connectivity index (χ3v) is 6.46. The van der Waals surface area contributed by atoms with Crippen molar-refractivity contribution in [2.24, 2.45) is 0 Å². The molecule has 0 spiro atoms. The molecule has 8 heteroatoms. The molecule has 2 aliphatic heterocycles. The first-order valence-electron chi connectivity index (χ1n) is 11.4. The Morgan fingerprint density at radius 2 is 2.00 bits per heavy atom. The van der Waals surface area contributed by atoms with Gasteiger partial charge in [-0.1, -0.05) is 0 Å². The zero-order valence-electron chi connectivity index (χ0n) is 18.1. The Kier molecular flexibility index (Phi) is 6.14. The molecule has 0 aromatic carbocycles. The Labute approximate surface area is 186 Å². The number of hydrogen-bond acceptors (Lipinski definition) is 6. The lowest BCUT2D eigenvalue weighted by atomic mass is 10.0. The second-order valence-electron chi connectivity index (χ2n) is 8.61. The van der Waals surface area contributed by atoms with Crippen LogP contribution in [-0.2, 0) is 19.5 Å². The highest BCUT2D eigenvalue weighted by molar-refractivity contribution is 5.74. The van der Waals surface area contributed by atoms with E-state index in [4.69, 9.17) is 4.74 Å². The minimum atomic E-state index is -0.426. The van der Waals surface area contributed by atoms with Crippen molar-refractivity contribution in [3.05, 3.63) is 64.1 Å². The Morgan fingerprint density at radius 3 is 2.88 bits per heavy atom. The van der Waals surface area contributed by atoms with E-state index in [2.05, 4.69) is 26.3 Å². The molecule has 0 atom stereocenters. The molecule has 0 radical (unpaired) electrons. The Balaban J connectivity index is 1.13. The quantitative estimate of drug-likeness (QED) is 0.639. The van der Waals surface area contributed by atoms with Gasteiger partial charge in [0.2, 0.25) is 0 Å². The lowest BCUT2D eigenvalue weighted by molar-refractivity contribution is 0.191. The van der Waals surface area contributed by atoms with Gasteiger partial charge in [-0.3, -0.25) is 14.8 Å². The van der Waals surface area contributed by atoms with Crippen LogP contribution < -0.4 is 15.6 Å². The number of hydrogen-bond donors (Lipinski definition) is 1. The molecule has 0 unspecified atom stereocenters. The van der Waals surface area contributed by atoms with Gasteiger partial charge >= 0.3 is 0 Å². The van der Waals surface area contributed by atoms with Crippen molar-refractivity contribution in [3.8, 4) is 5.75 Å². The van der Waals surface area contributed by atoms with E-state index in [-0.39, 0.29) is 5.56 Å². The molecule has 0 bridgehead atoms. The first-order valence-corrected chi connectivity index (χ1v) is 11.4. The molecule has 5 rings (SSSR count). The third kappa shape index (κ3) is 4.66. The summed E-state index contributed by atoms with van der Waals surface area (Å²) >= 11 is 0. The summed E-state index contributed by atoms with van der Waals surface area (Å²) in [6.45, 7) is 4.77. The zero-order valence-corrected chi connectivity index (χ0v) is 18.1. The average Bonchev–Trinajstić information content (AvgIpc) is 2.82. The predicted octanol–water partition coefficient (Wildman–Crippen LogP) is 2.51. The first-order chi connectivity index (χ1) is 15.7. The highest BCUT2D eigenvalue weighted by Crippen LogP contribution is 2.24. The van der Waals surface area contributed by atoms with Gasteiger partial charge in [-0.2, -0.15) is 0 Å². The SMILES string of the molecule is O=c1ccc2ncc(F)cc2n1CCN1CCC(NCc2cc3c(cn2)OCCC3)CC1. The molecule has 0 amide bonds. The van der Waals surface area contributed by atoms with Gasteiger partial charge in [-0.15, -0.1) is 0 Å². The molecule has 3 aromatic rings. The van der Waals surface area contributed by atoms with Crippen molar-refractivity contribution in [2.75, 3.05) is 26.2 Å². The number of halogens is 1. The first kappa shape index (κ1) is 21.0. The van der Waals surface area contributed by atoms with E-state index in [1.165, 1.54) is 23.9 Å². The van der Waals surface area contributed by atoms with Gasteiger partial charge in [-0.05, 0) is 56.5 Å². The van der Waals surface area contributed by atoms with Crippen LogP contribution in [0.4, 0.5) is 4.39 Å². The maximum atomic E-state index is 13.7. The van der Waals surface area contributed by atoms with Crippen LogP contribution in [0.1, 0.15) is 30.5 Å². The molecule has 1 fully saturated rings. The highest BCUT2D eigenvalue weighted by atomic mass is 19.1. The Hall–Kier alpha value is -2.84. The van der Waals surface area contributed by atoms with Gasteiger partial charge in [-0.25, -0.2) is 4.39 Å². The van der Waals surface area contributed by atoms with E-state index in [0.717, 1.165) is 69.9 Å². The molecule has 168 valence electrons. The largest absolute Gasteiger partial charge is 0.492 e. The number of aromatic nitrogens is 3. The number of nitrogens with one attached hydrogen (secondary N) is 1. The average molecular weight is 438 g/mol. The monoisotopic (exact) mass is 437 g/mol. The Bertz CT molecular complexity index is 1160. The number of aryl methyl sites for hydroxylation is 1. The number of likely N-dealkylation sites (tertiary alicyclic amines) is 1. The van der Waals surface area contributed by atoms with E-state index in [0.29, 0.717) is 23.6 Å². The summed E-state index contributed by atoms with van der Waals surface area (Å²) in [7, 11) is 0. The number of fused-ring (bicyclic) bond motifs is 2. The summed E-state index contributed by atoms with van der Waals surface area (Å²) in [5.41, 5.74) is 3.39. The summed E-state index contributed by atoms with van der Waals surface area (Å²) in [5.74, 6) is 0.502. The van der Waals surface area contributed by atoms with E-state index in [1.807, 2.05) is 6.20 Å². The normalized spacial score (nSPS) is 17.3. The van der Waals surface area contributed by atoms with E-state index in [9.17, 15) is 9.18 Å². The second kappa shape index (κ2) is 9.34. The lowest BCUT2D eigenvalue weighted by Gasteiger charge is -2.32. The number of nitrogens with zero attached hydrogens (tertiary/aromatic N) is 4. The molecule has 0 saturated carbocycles. The minimum absolute atomic E-state index is 0.121. The fourth-order valence-corrected chi connectivity index (χ4v) is 4.63. The molecular weight excluding hydrogens is 409 g/mol. The third-order valence-electron chi connectivity index (χ3n) is 6.46. The van der Waals surface area contributed by atoms with Crippen LogP contribution >= 0.6 is 0 Å². The molecule has 3 aromatic heterocycles. The standard InChI is InChI=1S/C24H28FN5O2/c25-18-13-22-21(28-14-18)3-4-24(31)30(22)10-9-29-7-5-19(6-8-29)26-15-20-12-17-2-1-11-32-23(17)16-27-20/h3-4,12-14,16,19,26H,1-2,5-11,15H2. The van der Waals surface area contributed by atoms with Crippen molar-refractivity contribution >= 4 is 11.0 Å². The summed E-state index contributed by atoms with van der Waals surface area (Å²) in [5, 5.41) is 3.64. The summed E-state index contributed by atoms with van der Waals surface area (Å²) in [6, 6.07) is 7.16. The van der Waals surface area contributed by atoms with Gasteiger partial charge in [0.1, 0.15) is 11.6 Å². The van der Waals surface area contributed by atoms with Crippen LogP contribution in [0.15, 0.2) is 41.5 Å². The summed E-state index contributed by atoms with van der Waals surface area (Å²) in [4.78, 5) is 23.3. The van der Waals surface area contributed by atoms with Crippen LogP contribution in [-0.4, -0.2) is 51.7 Å². The number of piperidine rings is 1. The fraction of sp³-hybridized carbons (Fsp3) is 0.458. The van der Waals surface area contributed by atoms with Crippen LogP contribution in [0.2, 0.25) is 0 Å². The van der Waals surface area contributed by atoms with Crippen molar-refractivity contribution in [1.29, 1.82) is 0 Å². The number of rotatable bonds is 6. The molecule has 5 heterocycles. The summed E-state index contributed by atoms with van der Waals surface area (Å²) in [6.07, 6.45) is 7.26. The summed E-state index contributed by atoms with van der Waals surface area (Å²) < 4.78 is 20.9. The highest BCUT2D eigenvalue weighted by Gasteiger charge is 2.19. The van der Waals surface area contributed by atoms with Crippen molar-refractivity contribution < 1.29 is 9.13 Å². The lowest BCUT2D eigenvalue weighted by Crippen LogP contribution is -2.43. The van der Waals surface area contributed by atoms with E-state index >= 15 is 0 Å². The Morgan fingerprint density at radius 1 is 1.12 bits per heavy atom. The van der Waals surface area contributed by atoms with Gasteiger partial charge < -0.3 is 19.5 Å². The van der Waals surface area contributed by atoms with Crippen LogP contribution in [0.5, 0.6) is 5.75 Å². The van der Waals surface area contributed by atoms with Crippen LogP contribution in [0.25, 0.3) is 11.0 Å². The topological polar surface area (TPSA) is 72.3 Å². The smallest absolute Gasteiger partial charge is 0.251 e. The van der Waals surface area contributed by atoms with Gasteiger partial charge in [0, 0.05) is 37.8 Å². The van der Waals surface area contributed by atoms with Crippen LogP contribution in [0, 0.1) is 5.82 Å². The van der Waals surface area contributed by atoms with Gasteiger partial charge in [0.15, 0.2) is 0 Å². The molecule has 32 heavy (non-hydrogen) atoms.